The number of hydrogen-bond acceptors (Lipinski definition) is 3. The zero-order valence-corrected chi connectivity index (χ0v) is 13.9. The number of rotatable bonds is 2. The summed E-state index contributed by atoms with van der Waals surface area (Å²) < 4.78 is 39.2. The summed E-state index contributed by atoms with van der Waals surface area (Å²) in [7, 11) is 0. The maximum absolute atomic E-state index is 12.8. The second-order valence-electron chi connectivity index (χ2n) is 5.00. The van der Waals surface area contributed by atoms with Gasteiger partial charge in [0, 0.05) is 10.0 Å². The molecule has 0 fully saturated rings. The largest absolute Gasteiger partial charge is 0.471 e. The molecular weight excluding hydrogens is 403 g/mol. The van der Waals surface area contributed by atoms with Crippen molar-refractivity contribution in [1.82, 2.24) is 9.55 Å². The average Bonchev–Trinajstić information content (AvgIpc) is 2.93. The number of benzene rings is 2. The van der Waals surface area contributed by atoms with E-state index in [9.17, 15) is 22.8 Å². The fraction of sp³-hybridized carbons (Fsp3) is 0.0625. The van der Waals surface area contributed by atoms with Crippen molar-refractivity contribution in [2.24, 2.45) is 0 Å². The van der Waals surface area contributed by atoms with Crippen molar-refractivity contribution < 1.29 is 22.8 Å². The van der Waals surface area contributed by atoms with Crippen molar-refractivity contribution in [2.45, 2.75) is 6.18 Å². The van der Waals surface area contributed by atoms with Crippen molar-refractivity contribution in [3.8, 4) is 0 Å². The highest BCUT2D eigenvalue weighted by atomic mass is 79.9. The van der Waals surface area contributed by atoms with Crippen molar-refractivity contribution in [2.75, 3.05) is 5.32 Å². The van der Waals surface area contributed by atoms with Crippen LogP contribution in [0, 0.1) is 0 Å². The lowest BCUT2D eigenvalue weighted by molar-refractivity contribution is -0.167. The summed E-state index contributed by atoms with van der Waals surface area (Å²) in [5.74, 6) is -3.32. The zero-order valence-electron chi connectivity index (χ0n) is 12.3. The molecule has 0 bridgehead atoms. The third kappa shape index (κ3) is 3.27. The third-order valence-electron chi connectivity index (χ3n) is 3.34. The SMILES string of the molecule is O=C(c1ccccc1)n1c(NC(=O)C(F)(F)F)nc2c(Br)cccc21. The van der Waals surface area contributed by atoms with Crippen molar-refractivity contribution in [3.05, 3.63) is 58.6 Å². The summed E-state index contributed by atoms with van der Waals surface area (Å²) in [6.07, 6.45) is -5.10. The molecule has 3 aromatic rings. The van der Waals surface area contributed by atoms with Gasteiger partial charge in [-0.2, -0.15) is 13.2 Å². The minimum Gasteiger partial charge on any atom is -0.288 e. The summed E-state index contributed by atoms with van der Waals surface area (Å²) in [5.41, 5.74) is 0.759. The molecule has 0 radical (unpaired) electrons. The Hall–Kier alpha value is -2.68. The van der Waals surface area contributed by atoms with Gasteiger partial charge < -0.3 is 0 Å². The third-order valence-corrected chi connectivity index (χ3v) is 3.98. The summed E-state index contributed by atoms with van der Waals surface area (Å²) in [6.45, 7) is 0. The Balaban J connectivity index is 2.18. The van der Waals surface area contributed by atoms with Crippen LogP contribution >= 0.6 is 15.9 Å². The molecule has 25 heavy (non-hydrogen) atoms. The number of halogens is 4. The molecule has 9 heteroatoms. The van der Waals surface area contributed by atoms with Crippen LogP contribution in [-0.2, 0) is 4.79 Å². The summed E-state index contributed by atoms with van der Waals surface area (Å²) in [5, 5.41) is 1.66. The van der Waals surface area contributed by atoms with Gasteiger partial charge in [-0.05, 0) is 40.2 Å². The monoisotopic (exact) mass is 411 g/mol. The highest BCUT2D eigenvalue weighted by Crippen LogP contribution is 2.28. The Bertz CT molecular complexity index is 968. The quantitative estimate of drug-likeness (QED) is 0.693. The van der Waals surface area contributed by atoms with Gasteiger partial charge in [-0.1, -0.05) is 24.3 Å². The lowest BCUT2D eigenvalue weighted by Crippen LogP contribution is -2.32. The van der Waals surface area contributed by atoms with E-state index >= 15 is 0 Å². The van der Waals surface area contributed by atoms with E-state index in [0.29, 0.717) is 4.47 Å². The molecule has 0 aliphatic carbocycles. The predicted octanol–water partition coefficient (Wildman–Crippen LogP) is 3.99. The molecule has 3 rings (SSSR count). The van der Waals surface area contributed by atoms with Crippen molar-refractivity contribution in [3.63, 3.8) is 0 Å². The molecule has 1 aromatic heterocycles. The first kappa shape index (κ1) is 17.2. The van der Waals surface area contributed by atoms with Crippen LogP contribution in [0.3, 0.4) is 0 Å². The number of aromatic nitrogens is 2. The molecule has 0 saturated heterocycles. The molecule has 0 saturated carbocycles. The lowest BCUT2D eigenvalue weighted by atomic mass is 10.2. The Morgan fingerprint density at radius 2 is 1.72 bits per heavy atom. The normalized spacial score (nSPS) is 11.5. The molecule has 1 amide bonds. The van der Waals surface area contributed by atoms with Crippen LogP contribution in [0.25, 0.3) is 11.0 Å². The Labute approximate surface area is 147 Å². The highest BCUT2D eigenvalue weighted by Gasteiger charge is 2.40. The summed E-state index contributed by atoms with van der Waals surface area (Å²) >= 11 is 3.23. The van der Waals surface area contributed by atoms with Crippen LogP contribution in [0.5, 0.6) is 0 Å². The van der Waals surface area contributed by atoms with Crippen molar-refractivity contribution >= 4 is 44.7 Å². The summed E-state index contributed by atoms with van der Waals surface area (Å²) in [6, 6.07) is 12.7. The number of carbonyl (C=O) groups excluding carboxylic acids is 2. The number of amides is 1. The molecule has 1 heterocycles. The van der Waals surface area contributed by atoms with Gasteiger partial charge in [0.05, 0.1) is 5.52 Å². The van der Waals surface area contributed by atoms with Crippen LogP contribution in [0.1, 0.15) is 10.4 Å². The smallest absolute Gasteiger partial charge is 0.288 e. The number of fused-ring (bicyclic) bond motifs is 1. The van der Waals surface area contributed by atoms with E-state index < -0.39 is 23.9 Å². The average molecular weight is 412 g/mol. The Morgan fingerprint density at radius 1 is 1.04 bits per heavy atom. The van der Waals surface area contributed by atoms with Gasteiger partial charge in [0.25, 0.3) is 5.91 Å². The molecule has 0 aliphatic heterocycles. The van der Waals surface area contributed by atoms with Gasteiger partial charge in [0.15, 0.2) is 0 Å². The number of alkyl halides is 3. The van der Waals surface area contributed by atoms with Crippen LogP contribution in [0.2, 0.25) is 0 Å². The number of hydrogen-bond donors (Lipinski definition) is 1. The molecule has 2 aromatic carbocycles. The van der Waals surface area contributed by atoms with Gasteiger partial charge >= 0.3 is 12.1 Å². The van der Waals surface area contributed by atoms with Gasteiger partial charge in [-0.3, -0.25) is 14.9 Å². The lowest BCUT2D eigenvalue weighted by Gasteiger charge is -2.10. The van der Waals surface area contributed by atoms with Crippen LogP contribution in [0.15, 0.2) is 53.0 Å². The number of carbonyl (C=O) groups is 2. The fourth-order valence-electron chi connectivity index (χ4n) is 2.24. The van der Waals surface area contributed by atoms with Gasteiger partial charge in [-0.15, -0.1) is 0 Å². The van der Waals surface area contributed by atoms with E-state index in [4.69, 9.17) is 0 Å². The van der Waals surface area contributed by atoms with Gasteiger partial charge in [0.1, 0.15) is 5.52 Å². The summed E-state index contributed by atoms with van der Waals surface area (Å²) in [4.78, 5) is 28.0. The second-order valence-corrected chi connectivity index (χ2v) is 5.86. The Kier molecular flexibility index (Phi) is 4.34. The molecule has 0 atom stereocenters. The maximum atomic E-state index is 12.8. The highest BCUT2D eigenvalue weighted by molar-refractivity contribution is 9.10. The van der Waals surface area contributed by atoms with Gasteiger partial charge in [0.2, 0.25) is 5.95 Å². The minimum absolute atomic E-state index is 0.240. The van der Waals surface area contributed by atoms with E-state index in [0.717, 1.165) is 4.57 Å². The topological polar surface area (TPSA) is 64.0 Å². The van der Waals surface area contributed by atoms with E-state index in [1.54, 1.807) is 35.6 Å². The maximum Gasteiger partial charge on any atom is 0.471 e. The number of nitrogens with zero attached hydrogens (tertiary/aromatic N) is 2. The first-order chi connectivity index (χ1) is 11.8. The van der Waals surface area contributed by atoms with E-state index in [2.05, 4.69) is 20.9 Å². The molecule has 0 aliphatic rings. The van der Waals surface area contributed by atoms with Crippen molar-refractivity contribution in [1.29, 1.82) is 0 Å². The number of anilines is 1. The standard InChI is InChI=1S/C16H9BrF3N3O2/c17-10-7-4-8-11-12(10)21-15(22-14(25)16(18,19)20)23(11)13(24)9-5-2-1-3-6-9/h1-8H,(H,21,22,25). The second kappa shape index (κ2) is 6.32. The molecular formula is C16H9BrF3N3O2. The zero-order chi connectivity index (χ0) is 18.2. The number of nitrogens with one attached hydrogen (secondary N) is 1. The first-order valence-electron chi connectivity index (χ1n) is 6.94. The molecule has 0 unspecified atom stereocenters. The fourth-order valence-corrected chi connectivity index (χ4v) is 2.68. The molecule has 5 nitrogen and oxygen atoms in total. The minimum atomic E-state index is -5.10. The Morgan fingerprint density at radius 3 is 2.36 bits per heavy atom. The number of imidazole rings is 1. The van der Waals surface area contributed by atoms with Crippen LogP contribution in [-0.4, -0.2) is 27.5 Å². The first-order valence-corrected chi connectivity index (χ1v) is 7.73. The van der Waals surface area contributed by atoms with E-state index in [-0.39, 0.29) is 16.6 Å². The predicted molar refractivity (Wildman–Crippen MR) is 88.3 cm³/mol. The molecule has 1 N–H and O–H groups in total. The van der Waals surface area contributed by atoms with Gasteiger partial charge in [-0.25, -0.2) is 9.55 Å². The number of para-hydroxylation sites is 1. The molecule has 128 valence electrons. The van der Waals surface area contributed by atoms with E-state index in [1.165, 1.54) is 18.2 Å². The molecule has 0 spiro atoms. The van der Waals surface area contributed by atoms with Crippen LogP contribution < -0.4 is 5.32 Å². The van der Waals surface area contributed by atoms with E-state index in [1.807, 2.05) is 0 Å². The van der Waals surface area contributed by atoms with Crippen LogP contribution in [0.4, 0.5) is 19.1 Å².